The van der Waals surface area contributed by atoms with E-state index in [0.717, 1.165) is 56.4 Å². The molecule has 4 atom stereocenters. The second-order valence-electron chi connectivity index (χ2n) is 9.57. The Balaban J connectivity index is 1.42. The number of benzene rings is 1. The van der Waals surface area contributed by atoms with Gasteiger partial charge in [0, 0.05) is 29.4 Å². The van der Waals surface area contributed by atoms with Crippen molar-refractivity contribution in [1.29, 1.82) is 0 Å². The Morgan fingerprint density at radius 1 is 1.10 bits per heavy atom. The highest BCUT2D eigenvalue weighted by molar-refractivity contribution is 7.10. The first-order chi connectivity index (χ1) is 15.2. The van der Waals surface area contributed by atoms with Crippen molar-refractivity contribution in [2.45, 2.75) is 69.4 Å². The molecule has 2 aromatic rings. The van der Waals surface area contributed by atoms with Crippen molar-refractivity contribution in [2.24, 2.45) is 11.8 Å². The molecule has 5 heteroatoms. The number of hydrogen-bond donors (Lipinski definition) is 1. The predicted octanol–water partition coefficient (Wildman–Crippen LogP) is 4.59. The molecule has 0 bridgehead atoms. The van der Waals surface area contributed by atoms with Crippen LogP contribution in [0.1, 0.15) is 55.4 Å². The van der Waals surface area contributed by atoms with Crippen molar-refractivity contribution in [3.63, 3.8) is 0 Å². The number of nitrogens with one attached hydrogen (secondary N) is 1. The smallest absolute Gasteiger partial charge is 0.225 e. The van der Waals surface area contributed by atoms with Gasteiger partial charge in [-0.05, 0) is 73.8 Å². The summed E-state index contributed by atoms with van der Waals surface area (Å²) in [6.07, 6.45) is 8.43. The van der Waals surface area contributed by atoms with Crippen molar-refractivity contribution < 1.29 is 9.59 Å². The van der Waals surface area contributed by atoms with E-state index < -0.39 is 0 Å². The number of carbonyl (C=O) groups is 2. The second kappa shape index (κ2) is 8.78. The molecule has 4 nitrogen and oxygen atoms in total. The maximum absolute atomic E-state index is 12.9. The first-order valence-electron chi connectivity index (χ1n) is 11.8. The fourth-order valence-corrected chi connectivity index (χ4v) is 7.38. The van der Waals surface area contributed by atoms with Crippen molar-refractivity contribution in [3.05, 3.63) is 58.3 Å². The van der Waals surface area contributed by atoms with Gasteiger partial charge in [0.2, 0.25) is 11.8 Å². The number of rotatable bonds is 5. The lowest BCUT2D eigenvalue weighted by molar-refractivity contribution is -0.139. The van der Waals surface area contributed by atoms with Crippen LogP contribution in [0.4, 0.5) is 0 Å². The monoisotopic (exact) mass is 436 g/mol. The summed E-state index contributed by atoms with van der Waals surface area (Å²) in [4.78, 5) is 29.2. The van der Waals surface area contributed by atoms with E-state index in [1.54, 1.807) is 11.3 Å². The van der Waals surface area contributed by atoms with Crippen LogP contribution in [0, 0.1) is 11.8 Å². The van der Waals surface area contributed by atoms with Crippen LogP contribution in [-0.4, -0.2) is 34.8 Å². The van der Waals surface area contributed by atoms with Crippen LogP contribution in [0.2, 0.25) is 0 Å². The lowest BCUT2D eigenvalue weighted by Crippen LogP contribution is -2.61. The number of amides is 2. The Hall–Kier alpha value is -2.14. The number of carbonyl (C=O) groups excluding carboxylic acids is 2. The van der Waals surface area contributed by atoms with Gasteiger partial charge in [0.15, 0.2) is 0 Å². The standard InChI is InChI=1S/C26H32N2O2S/c29-24(18-20-9-5-16-31-20)27-23-12-14-26-13-6-15-28(26)25(30)11-4-10-22(26)21(23)17-19-7-2-1-3-8-19/h1-3,5,7-9,16,21-23H,4,6,10-15,17-18H2,(H,27,29)/t21-,22+,23+,26-/m1/s1. The minimum absolute atomic E-state index is 0.0159. The fraction of sp³-hybridized carbons (Fsp3) is 0.538. The van der Waals surface area contributed by atoms with Gasteiger partial charge < -0.3 is 10.2 Å². The molecule has 164 valence electrons. The maximum Gasteiger partial charge on any atom is 0.225 e. The van der Waals surface area contributed by atoms with E-state index >= 15 is 0 Å². The molecule has 1 saturated carbocycles. The Labute approximate surface area is 189 Å². The van der Waals surface area contributed by atoms with Crippen LogP contribution >= 0.6 is 11.3 Å². The molecular weight excluding hydrogens is 404 g/mol. The average molecular weight is 437 g/mol. The molecule has 1 aromatic heterocycles. The summed E-state index contributed by atoms with van der Waals surface area (Å²) in [5.41, 5.74) is 1.35. The maximum atomic E-state index is 12.9. The van der Waals surface area contributed by atoms with Gasteiger partial charge in [0.25, 0.3) is 0 Å². The molecule has 1 aliphatic carbocycles. The Morgan fingerprint density at radius 3 is 2.77 bits per heavy atom. The summed E-state index contributed by atoms with van der Waals surface area (Å²) in [6.45, 7) is 0.919. The van der Waals surface area contributed by atoms with Gasteiger partial charge in [-0.15, -0.1) is 11.3 Å². The zero-order chi connectivity index (χ0) is 21.3. The lowest BCUT2D eigenvalue weighted by atomic mass is 9.61. The molecule has 1 aromatic carbocycles. The molecular formula is C26H32N2O2S. The van der Waals surface area contributed by atoms with E-state index in [1.807, 2.05) is 17.5 Å². The zero-order valence-electron chi connectivity index (χ0n) is 18.1. The third-order valence-electron chi connectivity index (χ3n) is 7.92. The number of nitrogens with zero attached hydrogens (tertiary/aromatic N) is 1. The Morgan fingerprint density at radius 2 is 1.97 bits per heavy atom. The third-order valence-corrected chi connectivity index (χ3v) is 8.80. The lowest BCUT2D eigenvalue weighted by Gasteiger charge is -2.53. The second-order valence-corrected chi connectivity index (χ2v) is 10.6. The van der Waals surface area contributed by atoms with Gasteiger partial charge in [-0.1, -0.05) is 36.4 Å². The van der Waals surface area contributed by atoms with E-state index in [9.17, 15) is 9.59 Å². The summed E-state index contributed by atoms with van der Waals surface area (Å²) in [6, 6.07) is 14.9. The molecule has 3 heterocycles. The summed E-state index contributed by atoms with van der Waals surface area (Å²) in [5, 5.41) is 5.46. The molecule has 3 aliphatic rings. The third kappa shape index (κ3) is 4.05. The fourth-order valence-electron chi connectivity index (χ4n) is 6.67. The van der Waals surface area contributed by atoms with E-state index in [4.69, 9.17) is 0 Å². The van der Waals surface area contributed by atoms with Crippen molar-refractivity contribution in [2.75, 3.05) is 6.54 Å². The summed E-state index contributed by atoms with van der Waals surface area (Å²) in [7, 11) is 0. The minimum Gasteiger partial charge on any atom is -0.353 e. The largest absolute Gasteiger partial charge is 0.353 e. The SMILES string of the molecule is O=C(Cc1cccs1)N[C@H]1CC[C@@]23CCCN2C(=O)CCC[C@H]3[C@H]1Cc1ccccc1. The van der Waals surface area contributed by atoms with Crippen molar-refractivity contribution >= 4 is 23.2 Å². The first kappa shape index (κ1) is 20.7. The molecule has 31 heavy (non-hydrogen) atoms. The predicted molar refractivity (Wildman–Crippen MR) is 124 cm³/mol. The van der Waals surface area contributed by atoms with Crippen LogP contribution in [0.15, 0.2) is 47.8 Å². The van der Waals surface area contributed by atoms with Gasteiger partial charge in [-0.25, -0.2) is 0 Å². The number of hydrogen-bond acceptors (Lipinski definition) is 3. The highest BCUT2D eigenvalue weighted by Crippen LogP contribution is 2.52. The topological polar surface area (TPSA) is 49.4 Å². The summed E-state index contributed by atoms with van der Waals surface area (Å²) in [5.74, 6) is 1.32. The van der Waals surface area contributed by atoms with Crippen molar-refractivity contribution in [3.8, 4) is 0 Å². The highest BCUT2D eigenvalue weighted by Gasteiger charge is 2.56. The molecule has 0 unspecified atom stereocenters. The molecule has 2 amide bonds. The van der Waals surface area contributed by atoms with Crippen molar-refractivity contribution in [1.82, 2.24) is 10.2 Å². The van der Waals surface area contributed by atoms with Crippen LogP contribution in [0.3, 0.4) is 0 Å². The molecule has 1 spiro atoms. The van der Waals surface area contributed by atoms with E-state index in [0.29, 0.717) is 30.6 Å². The van der Waals surface area contributed by atoms with Gasteiger partial charge in [-0.2, -0.15) is 0 Å². The Bertz CT molecular complexity index is 913. The van der Waals surface area contributed by atoms with E-state index in [1.165, 1.54) is 5.56 Å². The quantitative estimate of drug-likeness (QED) is 0.745. The normalized spacial score (nSPS) is 30.4. The van der Waals surface area contributed by atoms with E-state index in [2.05, 4.69) is 40.5 Å². The molecule has 5 rings (SSSR count). The van der Waals surface area contributed by atoms with Gasteiger partial charge in [-0.3, -0.25) is 9.59 Å². The zero-order valence-corrected chi connectivity index (χ0v) is 18.9. The van der Waals surface area contributed by atoms with E-state index in [-0.39, 0.29) is 17.5 Å². The average Bonchev–Trinajstić information content (AvgIpc) is 3.41. The van der Waals surface area contributed by atoms with Crippen LogP contribution in [0.5, 0.6) is 0 Å². The van der Waals surface area contributed by atoms with Gasteiger partial charge >= 0.3 is 0 Å². The van der Waals surface area contributed by atoms with Gasteiger partial charge in [0.05, 0.1) is 6.42 Å². The highest BCUT2D eigenvalue weighted by atomic mass is 32.1. The summed E-state index contributed by atoms with van der Waals surface area (Å²) >= 11 is 1.64. The molecule has 1 N–H and O–H groups in total. The van der Waals surface area contributed by atoms with Gasteiger partial charge in [0.1, 0.15) is 0 Å². The molecule has 2 saturated heterocycles. The van der Waals surface area contributed by atoms with Crippen LogP contribution in [0.25, 0.3) is 0 Å². The molecule has 0 radical (unpaired) electrons. The number of thiophene rings is 1. The van der Waals surface area contributed by atoms with Crippen LogP contribution < -0.4 is 5.32 Å². The molecule has 3 fully saturated rings. The minimum atomic E-state index is 0.0159. The Kier molecular flexibility index (Phi) is 5.87. The molecule has 2 aliphatic heterocycles. The van der Waals surface area contributed by atoms with Crippen LogP contribution in [-0.2, 0) is 22.4 Å². The summed E-state index contributed by atoms with van der Waals surface area (Å²) < 4.78 is 0. The first-order valence-corrected chi connectivity index (χ1v) is 12.7.